The predicted molar refractivity (Wildman–Crippen MR) is 77.5 cm³/mol. The standard InChI is InChI=1S/C13H14F3NO4S2/c14-13(15,16)22-9-4-6-10(7-5-9)23(20,21)17-8-2-1-3-11(17)12(18)19/h4-7,11H,1-3,8H2,(H,18,19). The fraction of sp³-hybridized carbons (Fsp3) is 0.462. The molecule has 1 aromatic rings. The number of alkyl halides is 3. The third kappa shape index (κ3) is 4.39. The monoisotopic (exact) mass is 369 g/mol. The summed E-state index contributed by atoms with van der Waals surface area (Å²) in [5.41, 5.74) is -4.46. The molecule has 1 saturated heterocycles. The third-order valence-electron chi connectivity index (χ3n) is 3.40. The van der Waals surface area contributed by atoms with E-state index in [4.69, 9.17) is 5.11 Å². The summed E-state index contributed by atoms with van der Waals surface area (Å²) in [6, 6.07) is 3.11. The lowest BCUT2D eigenvalue weighted by molar-refractivity contribution is -0.142. The van der Waals surface area contributed by atoms with E-state index in [1.807, 2.05) is 0 Å². The highest BCUT2D eigenvalue weighted by Gasteiger charge is 2.37. The van der Waals surface area contributed by atoms with E-state index in [-0.39, 0.29) is 34.5 Å². The molecule has 0 bridgehead atoms. The summed E-state index contributed by atoms with van der Waals surface area (Å²) in [4.78, 5) is 10.9. The Morgan fingerprint density at radius 2 is 1.83 bits per heavy atom. The Morgan fingerprint density at radius 3 is 2.35 bits per heavy atom. The number of sulfonamides is 1. The highest BCUT2D eigenvalue weighted by molar-refractivity contribution is 8.00. The van der Waals surface area contributed by atoms with Crippen molar-refractivity contribution >= 4 is 27.8 Å². The van der Waals surface area contributed by atoms with Crippen LogP contribution in [0.2, 0.25) is 0 Å². The molecule has 2 rings (SSSR count). The lowest BCUT2D eigenvalue weighted by Gasteiger charge is -2.31. The van der Waals surface area contributed by atoms with Crippen LogP contribution in [0.15, 0.2) is 34.1 Å². The van der Waals surface area contributed by atoms with Crippen LogP contribution in [0.1, 0.15) is 19.3 Å². The van der Waals surface area contributed by atoms with Crippen molar-refractivity contribution < 1.29 is 31.5 Å². The number of piperidine rings is 1. The van der Waals surface area contributed by atoms with E-state index in [9.17, 15) is 26.4 Å². The number of aliphatic carboxylic acids is 1. The Balaban J connectivity index is 2.26. The molecule has 1 atom stereocenters. The molecule has 1 unspecified atom stereocenters. The molecule has 1 aliphatic heterocycles. The van der Waals surface area contributed by atoms with Crippen LogP contribution in [-0.4, -0.2) is 41.9 Å². The molecule has 0 spiro atoms. The minimum Gasteiger partial charge on any atom is -0.480 e. The zero-order valence-electron chi connectivity index (χ0n) is 11.8. The normalized spacial score (nSPS) is 20.4. The fourth-order valence-corrected chi connectivity index (χ4v) is 4.58. The SMILES string of the molecule is O=C(O)C1CCCCN1S(=O)(=O)c1ccc(SC(F)(F)F)cc1. The van der Waals surface area contributed by atoms with Gasteiger partial charge in [0.15, 0.2) is 0 Å². The lowest BCUT2D eigenvalue weighted by atomic mass is 10.1. The molecule has 23 heavy (non-hydrogen) atoms. The number of carboxylic acids is 1. The first-order valence-corrected chi connectivity index (χ1v) is 8.97. The van der Waals surface area contributed by atoms with Crippen molar-refractivity contribution in [1.29, 1.82) is 0 Å². The number of thioether (sulfide) groups is 1. The lowest BCUT2D eigenvalue weighted by Crippen LogP contribution is -2.47. The summed E-state index contributed by atoms with van der Waals surface area (Å²) >= 11 is -0.341. The smallest absolute Gasteiger partial charge is 0.446 e. The highest BCUT2D eigenvalue weighted by atomic mass is 32.2. The Kier molecular flexibility index (Phi) is 5.27. The largest absolute Gasteiger partial charge is 0.480 e. The maximum Gasteiger partial charge on any atom is 0.446 e. The molecule has 1 N–H and O–H groups in total. The molecular formula is C13H14F3NO4S2. The van der Waals surface area contributed by atoms with E-state index in [2.05, 4.69) is 0 Å². The van der Waals surface area contributed by atoms with E-state index >= 15 is 0 Å². The molecule has 10 heteroatoms. The van der Waals surface area contributed by atoms with Gasteiger partial charge in [-0.05, 0) is 55.3 Å². The number of carboxylic acid groups (broad SMARTS) is 1. The van der Waals surface area contributed by atoms with Crippen molar-refractivity contribution in [2.24, 2.45) is 0 Å². The second kappa shape index (κ2) is 6.70. The number of rotatable bonds is 4. The summed E-state index contributed by atoms with van der Waals surface area (Å²) in [6.07, 6.45) is 1.38. The van der Waals surface area contributed by atoms with E-state index in [1.54, 1.807) is 0 Å². The summed E-state index contributed by atoms with van der Waals surface area (Å²) in [5.74, 6) is -1.22. The molecule has 1 aliphatic rings. The van der Waals surface area contributed by atoms with Crippen LogP contribution >= 0.6 is 11.8 Å². The Hall–Kier alpha value is -1.26. The van der Waals surface area contributed by atoms with Gasteiger partial charge < -0.3 is 5.11 Å². The van der Waals surface area contributed by atoms with Crippen molar-refractivity contribution in [3.63, 3.8) is 0 Å². The number of halogens is 3. The molecule has 1 heterocycles. The summed E-state index contributed by atoms with van der Waals surface area (Å²) in [5, 5.41) is 9.16. The predicted octanol–water partition coefficient (Wildman–Crippen LogP) is 2.93. The Labute approximate surface area is 135 Å². The van der Waals surface area contributed by atoms with Crippen LogP contribution in [0.3, 0.4) is 0 Å². The molecule has 5 nitrogen and oxygen atoms in total. The number of hydrogen-bond donors (Lipinski definition) is 1. The summed E-state index contributed by atoms with van der Waals surface area (Å²) in [6.45, 7) is 0.0817. The quantitative estimate of drug-likeness (QED) is 0.826. The van der Waals surface area contributed by atoms with E-state index in [0.717, 1.165) is 28.6 Å². The minimum absolute atomic E-state index is 0.0817. The van der Waals surface area contributed by atoms with Crippen LogP contribution in [0.5, 0.6) is 0 Å². The van der Waals surface area contributed by atoms with Gasteiger partial charge >= 0.3 is 11.5 Å². The van der Waals surface area contributed by atoms with Crippen molar-refractivity contribution in [1.82, 2.24) is 4.31 Å². The second-order valence-corrected chi connectivity index (χ2v) is 8.01. The first kappa shape index (κ1) is 18.1. The molecule has 128 valence electrons. The first-order chi connectivity index (χ1) is 10.6. The fourth-order valence-electron chi connectivity index (χ4n) is 2.39. The van der Waals surface area contributed by atoms with Gasteiger partial charge in [0.1, 0.15) is 6.04 Å². The van der Waals surface area contributed by atoms with Crippen LogP contribution in [0.25, 0.3) is 0 Å². The molecule has 1 aromatic carbocycles. The van der Waals surface area contributed by atoms with Crippen molar-refractivity contribution in [3.05, 3.63) is 24.3 Å². The van der Waals surface area contributed by atoms with E-state index in [1.165, 1.54) is 0 Å². The van der Waals surface area contributed by atoms with Crippen molar-refractivity contribution in [2.45, 2.75) is 40.6 Å². The second-order valence-electron chi connectivity index (χ2n) is 4.98. The minimum atomic E-state index is -4.46. The van der Waals surface area contributed by atoms with Crippen molar-refractivity contribution in [3.8, 4) is 0 Å². The van der Waals surface area contributed by atoms with Crippen LogP contribution in [0, 0.1) is 0 Å². The zero-order valence-corrected chi connectivity index (χ0v) is 13.4. The Morgan fingerprint density at radius 1 is 1.22 bits per heavy atom. The van der Waals surface area contributed by atoms with Gasteiger partial charge in [-0.1, -0.05) is 0 Å². The number of carbonyl (C=O) groups is 1. The zero-order chi connectivity index (χ0) is 17.3. The average Bonchev–Trinajstić information content (AvgIpc) is 2.46. The van der Waals surface area contributed by atoms with Gasteiger partial charge in [-0.15, -0.1) is 0 Å². The highest BCUT2D eigenvalue weighted by Crippen LogP contribution is 2.37. The average molecular weight is 369 g/mol. The van der Waals surface area contributed by atoms with Crippen molar-refractivity contribution in [2.75, 3.05) is 6.54 Å². The summed E-state index contributed by atoms with van der Waals surface area (Å²) in [7, 11) is -4.05. The molecule has 0 aliphatic carbocycles. The Bertz CT molecular complexity index is 673. The number of benzene rings is 1. The van der Waals surface area contributed by atoms with Gasteiger partial charge in [-0.3, -0.25) is 4.79 Å². The number of hydrogen-bond acceptors (Lipinski definition) is 4. The van der Waals surface area contributed by atoms with Gasteiger partial charge in [0.05, 0.1) is 4.90 Å². The topological polar surface area (TPSA) is 74.7 Å². The number of nitrogens with zero attached hydrogens (tertiary/aromatic N) is 1. The molecular weight excluding hydrogens is 355 g/mol. The molecule has 1 fully saturated rings. The van der Waals surface area contributed by atoms with Gasteiger partial charge in [-0.2, -0.15) is 17.5 Å². The molecule has 0 radical (unpaired) electrons. The molecule has 0 saturated carbocycles. The van der Waals surface area contributed by atoms with Gasteiger partial charge in [0.25, 0.3) is 0 Å². The van der Waals surface area contributed by atoms with Crippen LogP contribution < -0.4 is 0 Å². The van der Waals surface area contributed by atoms with Gasteiger partial charge in [-0.25, -0.2) is 8.42 Å². The van der Waals surface area contributed by atoms with E-state index < -0.39 is 27.5 Å². The molecule has 0 aromatic heterocycles. The van der Waals surface area contributed by atoms with Crippen LogP contribution in [-0.2, 0) is 14.8 Å². The molecule has 0 amide bonds. The van der Waals surface area contributed by atoms with Crippen LogP contribution in [0.4, 0.5) is 13.2 Å². The first-order valence-electron chi connectivity index (χ1n) is 6.72. The maximum atomic E-state index is 12.5. The summed E-state index contributed by atoms with van der Waals surface area (Å²) < 4.78 is 62.8. The van der Waals surface area contributed by atoms with Gasteiger partial charge in [0.2, 0.25) is 10.0 Å². The maximum absolute atomic E-state index is 12.5. The van der Waals surface area contributed by atoms with Gasteiger partial charge in [0, 0.05) is 11.4 Å². The third-order valence-corrected chi connectivity index (χ3v) is 6.06. The van der Waals surface area contributed by atoms with E-state index in [0.29, 0.717) is 12.8 Å².